The van der Waals surface area contributed by atoms with E-state index < -0.39 is 6.10 Å². The SMILES string of the molecule is COc1ccccc1CC(O)CN1CCN(CCOc2ccccc2Cc2ccccc2)CC1. The van der Waals surface area contributed by atoms with Crippen molar-refractivity contribution in [1.82, 2.24) is 9.80 Å². The number of hydrogen-bond donors (Lipinski definition) is 1. The van der Waals surface area contributed by atoms with Crippen molar-refractivity contribution in [3.05, 3.63) is 95.6 Å². The largest absolute Gasteiger partial charge is 0.496 e. The van der Waals surface area contributed by atoms with Gasteiger partial charge in [0.25, 0.3) is 0 Å². The van der Waals surface area contributed by atoms with Gasteiger partial charge < -0.3 is 14.6 Å². The summed E-state index contributed by atoms with van der Waals surface area (Å²) in [6.07, 6.45) is 1.10. The highest BCUT2D eigenvalue weighted by atomic mass is 16.5. The van der Waals surface area contributed by atoms with Crippen molar-refractivity contribution in [3.8, 4) is 11.5 Å². The molecule has 0 aliphatic carbocycles. The minimum Gasteiger partial charge on any atom is -0.496 e. The van der Waals surface area contributed by atoms with Crippen LogP contribution >= 0.6 is 0 Å². The second-order valence-corrected chi connectivity index (χ2v) is 8.93. The molecule has 5 heteroatoms. The number of hydrogen-bond acceptors (Lipinski definition) is 5. The fourth-order valence-corrected chi connectivity index (χ4v) is 4.57. The van der Waals surface area contributed by atoms with Gasteiger partial charge in [-0.05, 0) is 28.8 Å². The summed E-state index contributed by atoms with van der Waals surface area (Å²) in [7, 11) is 1.68. The first-order valence-corrected chi connectivity index (χ1v) is 12.2. The molecule has 0 bridgehead atoms. The van der Waals surface area contributed by atoms with Crippen molar-refractivity contribution in [3.63, 3.8) is 0 Å². The number of nitrogens with zero attached hydrogens (tertiary/aromatic N) is 2. The van der Waals surface area contributed by atoms with Crippen molar-refractivity contribution >= 4 is 0 Å². The molecule has 34 heavy (non-hydrogen) atoms. The van der Waals surface area contributed by atoms with Gasteiger partial charge in [-0.3, -0.25) is 9.80 Å². The first-order valence-electron chi connectivity index (χ1n) is 12.2. The Kier molecular flexibility index (Phi) is 8.97. The van der Waals surface area contributed by atoms with E-state index in [9.17, 15) is 5.11 Å². The summed E-state index contributed by atoms with van der Waals surface area (Å²) in [4.78, 5) is 4.80. The third kappa shape index (κ3) is 7.07. The fraction of sp³-hybridized carbons (Fsp3) is 0.379. The molecule has 1 atom stereocenters. The molecule has 1 heterocycles. The van der Waals surface area contributed by atoms with E-state index in [2.05, 4.69) is 52.3 Å². The normalized spacial score (nSPS) is 15.7. The smallest absolute Gasteiger partial charge is 0.122 e. The lowest BCUT2D eigenvalue weighted by molar-refractivity contribution is 0.0677. The molecule has 1 aliphatic heterocycles. The lowest BCUT2D eigenvalue weighted by Crippen LogP contribution is -2.49. The van der Waals surface area contributed by atoms with Crippen LogP contribution in [-0.2, 0) is 12.8 Å². The molecule has 5 nitrogen and oxygen atoms in total. The fourth-order valence-electron chi connectivity index (χ4n) is 4.57. The van der Waals surface area contributed by atoms with E-state index in [0.29, 0.717) is 19.6 Å². The Hall–Kier alpha value is -2.86. The van der Waals surface area contributed by atoms with Crippen LogP contribution in [0, 0.1) is 0 Å². The van der Waals surface area contributed by atoms with E-state index >= 15 is 0 Å². The van der Waals surface area contributed by atoms with Crippen LogP contribution < -0.4 is 9.47 Å². The third-order valence-electron chi connectivity index (χ3n) is 6.46. The molecule has 0 saturated carbocycles. The van der Waals surface area contributed by atoms with Crippen LogP contribution in [0.15, 0.2) is 78.9 Å². The Morgan fingerprint density at radius 3 is 2.12 bits per heavy atom. The molecule has 1 unspecified atom stereocenters. The number of β-amino-alcohol motifs (C(OH)–C–C–N with tert-alkyl or cyclic N) is 1. The van der Waals surface area contributed by atoms with Crippen molar-refractivity contribution in [2.24, 2.45) is 0 Å². The van der Waals surface area contributed by atoms with Gasteiger partial charge in [0.15, 0.2) is 0 Å². The maximum atomic E-state index is 10.6. The van der Waals surface area contributed by atoms with E-state index in [4.69, 9.17) is 9.47 Å². The Morgan fingerprint density at radius 1 is 0.765 bits per heavy atom. The Labute approximate surface area is 203 Å². The number of rotatable bonds is 11. The van der Waals surface area contributed by atoms with Crippen LogP contribution in [0.5, 0.6) is 11.5 Å². The van der Waals surface area contributed by atoms with Crippen LogP contribution in [0.4, 0.5) is 0 Å². The first-order chi connectivity index (χ1) is 16.7. The minimum absolute atomic E-state index is 0.396. The van der Waals surface area contributed by atoms with Crippen LogP contribution in [0.2, 0.25) is 0 Å². The molecular weight excluding hydrogens is 424 g/mol. The lowest BCUT2D eigenvalue weighted by Gasteiger charge is -2.35. The highest BCUT2D eigenvalue weighted by molar-refractivity contribution is 5.37. The molecule has 1 aliphatic rings. The number of ether oxygens (including phenoxy) is 2. The Balaban J connectivity index is 1.18. The van der Waals surface area contributed by atoms with Gasteiger partial charge in [0.05, 0.1) is 13.2 Å². The van der Waals surface area contributed by atoms with E-state index in [-0.39, 0.29) is 0 Å². The molecule has 1 fully saturated rings. The van der Waals surface area contributed by atoms with Crippen molar-refractivity contribution in [2.75, 3.05) is 53.0 Å². The zero-order valence-electron chi connectivity index (χ0n) is 20.1. The minimum atomic E-state index is -0.396. The van der Waals surface area contributed by atoms with Gasteiger partial charge in [0, 0.05) is 52.1 Å². The summed E-state index contributed by atoms with van der Waals surface area (Å²) in [5.41, 5.74) is 3.57. The average molecular weight is 461 g/mol. The molecule has 0 aromatic heterocycles. The van der Waals surface area contributed by atoms with Gasteiger partial charge in [-0.2, -0.15) is 0 Å². The van der Waals surface area contributed by atoms with Crippen molar-refractivity contribution in [2.45, 2.75) is 18.9 Å². The Morgan fingerprint density at radius 2 is 1.38 bits per heavy atom. The zero-order chi connectivity index (χ0) is 23.6. The number of piperazine rings is 1. The molecule has 180 valence electrons. The second kappa shape index (κ2) is 12.6. The van der Waals surface area contributed by atoms with Crippen LogP contribution in [0.3, 0.4) is 0 Å². The summed E-state index contributed by atoms with van der Waals surface area (Å²) in [5.74, 6) is 1.82. The highest BCUT2D eigenvalue weighted by Gasteiger charge is 2.20. The van der Waals surface area contributed by atoms with Gasteiger partial charge in [-0.15, -0.1) is 0 Å². The van der Waals surface area contributed by atoms with E-state index in [1.165, 1.54) is 11.1 Å². The topological polar surface area (TPSA) is 45.2 Å². The predicted octanol–water partition coefficient (Wildman–Crippen LogP) is 3.89. The summed E-state index contributed by atoms with van der Waals surface area (Å²) in [5, 5.41) is 10.6. The molecule has 0 amide bonds. The summed E-state index contributed by atoms with van der Waals surface area (Å²) < 4.78 is 11.6. The average Bonchev–Trinajstić information content (AvgIpc) is 2.87. The second-order valence-electron chi connectivity index (χ2n) is 8.93. The standard InChI is InChI=1S/C29H36N2O3/c1-33-28-13-7-5-12-26(28)22-27(32)23-31-17-15-30(16-18-31)19-20-34-29-14-8-6-11-25(29)21-24-9-3-2-4-10-24/h2-14,27,32H,15-23H2,1H3. The molecule has 4 rings (SSSR count). The molecule has 3 aromatic carbocycles. The van der Waals surface area contributed by atoms with Crippen molar-refractivity contribution in [1.29, 1.82) is 0 Å². The van der Waals surface area contributed by atoms with E-state index in [1.807, 2.05) is 36.4 Å². The van der Waals surface area contributed by atoms with Crippen LogP contribution in [-0.4, -0.2) is 74.0 Å². The van der Waals surface area contributed by atoms with Gasteiger partial charge in [0.1, 0.15) is 18.1 Å². The third-order valence-corrected chi connectivity index (χ3v) is 6.46. The summed E-state index contributed by atoms with van der Waals surface area (Å²) in [6.45, 7) is 6.21. The highest BCUT2D eigenvalue weighted by Crippen LogP contribution is 2.22. The van der Waals surface area contributed by atoms with Crippen LogP contribution in [0.25, 0.3) is 0 Å². The molecule has 0 spiro atoms. The van der Waals surface area contributed by atoms with Crippen molar-refractivity contribution < 1.29 is 14.6 Å². The summed E-state index contributed by atoms with van der Waals surface area (Å²) in [6, 6.07) is 26.8. The van der Waals surface area contributed by atoms with E-state index in [1.54, 1.807) is 7.11 Å². The monoisotopic (exact) mass is 460 g/mol. The van der Waals surface area contributed by atoms with E-state index in [0.717, 1.165) is 56.2 Å². The summed E-state index contributed by atoms with van der Waals surface area (Å²) >= 11 is 0. The van der Waals surface area contributed by atoms with Gasteiger partial charge >= 0.3 is 0 Å². The maximum Gasteiger partial charge on any atom is 0.122 e. The molecule has 1 N–H and O–H groups in total. The number of benzene rings is 3. The van der Waals surface area contributed by atoms with Gasteiger partial charge in [-0.1, -0.05) is 66.7 Å². The molecule has 0 radical (unpaired) electrons. The van der Waals surface area contributed by atoms with Crippen LogP contribution in [0.1, 0.15) is 16.7 Å². The first kappa shape index (κ1) is 24.3. The number of methoxy groups -OCH3 is 1. The quantitative estimate of drug-likeness (QED) is 0.470. The van der Waals surface area contributed by atoms with Gasteiger partial charge in [0.2, 0.25) is 0 Å². The molecule has 1 saturated heterocycles. The molecular formula is C29H36N2O3. The maximum absolute atomic E-state index is 10.6. The number of aliphatic hydroxyl groups excluding tert-OH is 1. The number of aliphatic hydroxyl groups is 1. The Bertz CT molecular complexity index is 1000. The van der Waals surface area contributed by atoms with Gasteiger partial charge in [-0.25, -0.2) is 0 Å². The lowest BCUT2D eigenvalue weighted by atomic mass is 10.0. The number of para-hydroxylation sites is 2. The molecule has 3 aromatic rings. The zero-order valence-corrected chi connectivity index (χ0v) is 20.1. The predicted molar refractivity (Wildman–Crippen MR) is 137 cm³/mol.